The number of alkyl halides is 3. The Balaban J connectivity index is 1.46. The van der Waals surface area contributed by atoms with E-state index in [-0.39, 0.29) is 37.0 Å². The number of nitrogens with zero attached hydrogens (tertiary/aromatic N) is 6. The molecule has 2 aromatic heterocycles. The molecule has 2 N–H and O–H groups in total. The van der Waals surface area contributed by atoms with Gasteiger partial charge in [0.05, 0.1) is 17.3 Å². The first-order chi connectivity index (χ1) is 15.4. The van der Waals surface area contributed by atoms with Gasteiger partial charge in [0.2, 0.25) is 11.9 Å². The molecule has 0 unspecified atom stereocenters. The number of aromatic nitrogens is 4. The summed E-state index contributed by atoms with van der Waals surface area (Å²) in [5.74, 6) is 0.134. The van der Waals surface area contributed by atoms with E-state index in [0.717, 1.165) is 10.9 Å². The molecule has 0 aliphatic carbocycles. The number of carbonyl (C=O) groups excluding carboxylic acids is 2. The Morgan fingerprint density at radius 1 is 1.24 bits per heavy atom. The van der Waals surface area contributed by atoms with Crippen LogP contribution in [0.1, 0.15) is 35.6 Å². The SMILES string of the molecule is Cc1nc(NC2CN(C(=O)c3cn(C)nc3C(F)(F)F)C2)nc2c1NC(=O)[C@H](C(C)C)N2C. The normalized spacial score (nSPS) is 18.8. The number of rotatable bonds is 4. The van der Waals surface area contributed by atoms with Gasteiger partial charge < -0.3 is 20.4 Å². The molecule has 33 heavy (non-hydrogen) atoms. The molecule has 0 bridgehead atoms. The number of hydrogen-bond donors (Lipinski definition) is 2. The van der Waals surface area contributed by atoms with Crippen LogP contribution in [0.4, 0.5) is 30.6 Å². The van der Waals surface area contributed by atoms with Crippen LogP contribution in [0.5, 0.6) is 0 Å². The summed E-state index contributed by atoms with van der Waals surface area (Å²) in [5.41, 5.74) is -0.528. The fourth-order valence-electron chi connectivity index (χ4n) is 4.22. The van der Waals surface area contributed by atoms with E-state index in [2.05, 4.69) is 25.7 Å². The van der Waals surface area contributed by atoms with Crippen molar-refractivity contribution < 1.29 is 22.8 Å². The molecule has 2 aliphatic rings. The number of aryl methyl sites for hydroxylation is 2. The Kier molecular flexibility index (Phi) is 5.45. The molecule has 4 rings (SSSR count). The quantitative estimate of drug-likeness (QED) is 0.708. The highest BCUT2D eigenvalue weighted by molar-refractivity contribution is 6.03. The second kappa shape index (κ2) is 7.89. The highest BCUT2D eigenvalue weighted by atomic mass is 19.4. The van der Waals surface area contributed by atoms with Gasteiger partial charge >= 0.3 is 6.18 Å². The Labute approximate surface area is 188 Å². The van der Waals surface area contributed by atoms with Gasteiger partial charge in [-0.2, -0.15) is 23.3 Å². The first-order valence-electron chi connectivity index (χ1n) is 10.5. The molecule has 10 nitrogen and oxygen atoms in total. The van der Waals surface area contributed by atoms with E-state index in [1.807, 2.05) is 18.7 Å². The van der Waals surface area contributed by atoms with Crippen LogP contribution in [-0.2, 0) is 18.0 Å². The number of hydrogen-bond acceptors (Lipinski definition) is 7. The molecule has 0 aromatic carbocycles. The maximum atomic E-state index is 13.2. The Morgan fingerprint density at radius 3 is 2.52 bits per heavy atom. The average molecular weight is 466 g/mol. The fraction of sp³-hybridized carbons (Fsp3) is 0.550. The van der Waals surface area contributed by atoms with Crippen LogP contribution in [0.15, 0.2) is 6.20 Å². The van der Waals surface area contributed by atoms with Gasteiger partial charge in [-0.05, 0) is 12.8 Å². The third-order valence-corrected chi connectivity index (χ3v) is 5.80. The molecule has 13 heteroatoms. The van der Waals surface area contributed by atoms with Crippen molar-refractivity contribution in [2.75, 3.05) is 35.7 Å². The number of amides is 2. The standard InChI is InChI=1S/C20H25F3N8O2/c1-9(2)14-17(32)26-13-10(3)24-19(27-16(13)30(14)5)25-11-6-31(7-11)18(33)12-8-29(4)28-15(12)20(21,22)23/h8-9,11,14H,6-7H2,1-5H3,(H,26,32)(H,24,25,27)/t14-/m0/s1. The zero-order valence-electron chi connectivity index (χ0n) is 18.9. The molecule has 0 saturated carbocycles. The van der Waals surface area contributed by atoms with Crippen molar-refractivity contribution in [3.63, 3.8) is 0 Å². The first-order valence-corrected chi connectivity index (χ1v) is 10.5. The van der Waals surface area contributed by atoms with Gasteiger partial charge in [0.15, 0.2) is 11.5 Å². The molecule has 1 saturated heterocycles. The molecule has 4 heterocycles. The lowest BCUT2D eigenvalue weighted by atomic mass is 9.99. The minimum Gasteiger partial charge on any atom is -0.348 e. The van der Waals surface area contributed by atoms with Gasteiger partial charge in [-0.15, -0.1) is 0 Å². The maximum Gasteiger partial charge on any atom is 0.435 e. The van der Waals surface area contributed by atoms with E-state index in [4.69, 9.17) is 0 Å². The largest absolute Gasteiger partial charge is 0.435 e. The number of halogens is 3. The summed E-state index contributed by atoms with van der Waals surface area (Å²) in [4.78, 5) is 37.1. The van der Waals surface area contributed by atoms with Gasteiger partial charge in [-0.1, -0.05) is 13.8 Å². The summed E-state index contributed by atoms with van der Waals surface area (Å²) in [6.45, 7) is 6.06. The third-order valence-electron chi connectivity index (χ3n) is 5.80. The Hall–Kier alpha value is -3.38. The lowest BCUT2D eigenvalue weighted by Crippen LogP contribution is -2.57. The molecule has 1 fully saturated rings. The number of fused-ring (bicyclic) bond motifs is 1. The van der Waals surface area contributed by atoms with Gasteiger partial charge in [0.1, 0.15) is 11.7 Å². The summed E-state index contributed by atoms with van der Waals surface area (Å²) in [5, 5.41) is 9.39. The Bertz CT molecular complexity index is 1110. The first kappa shape index (κ1) is 22.8. The molecule has 0 radical (unpaired) electrons. The van der Waals surface area contributed by atoms with Crippen molar-refractivity contribution in [2.45, 2.75) is 39.0 Å². The second-order valence-electron chi connectivity index (χ2n) is 8.73. The topological polar surface area (TPSA) is 108 Å². The average Bonchev–Trinajstić information content (AvgIpc) is 3.07. The van der Waals surface area contributed by atoms with Crippen LogP contribution < -0.4 is 15.5 Å². The van der Waals surface area contributed by atoms with Crippen molar-refractivity contribution in [1.82, 2.24) is 24.6 Å². The molecular formula is C20H25F3N8O2. The summed E-state index contributed by atoms with van der Waals surface area (Å²) in [6.07, 6.45) is -3.63. The summed E-state index contributed by atoms with van der Waals surface area (Å²) >= 11 is 0. The number of likely N-dealkylation sites (N-methyl/N-ethyl adjacent to an activating group) is 1. The van der Waals surface area contributed by atoms with Crippen molar-refractivity contribution in [3.8, 4) is 0 Å². The summed E-state index contributed by atoms with van der Waals surface area (Å²) in [7, 11) is 3.14. The highest BCUT2D eigenvalue weighted by Crippen LogP contribution is 2.35. The monoisotopic (exact) mass is 466 g/mol. The molecule has 0 spiro atoms. The van der Waals surface area contributed by atoms with Crippen LogP contribution in [-0.4, -0.2) is 68.7 Å². The minimum atomic E-state index is -4.71. The Morgan fingerprint density at radius 2 is 1.91 bits per heavy atom. The van der Waals surface area contributed by atoms with Crippen LogP contribution >= 0.6 is 0 Å². The molecule has 2 amide bonds. The van der Waals surface area contributed by atoms with Crippen molar-refractivity contribution in [1.29, 1.82) is 0 Å². The highest BCUT2D eigenvalue weighted by Gasteiger charge is 2.42. The molecule has 2 aliphatic heterocycles. The molecular weight excluding hydrogens is 441 g/mol. The van der Waals surface area contributed by atoms with Gasteiger partial charge in [0, 0.05) is 33.4 Å². The van der Waals surface area contributed by atoms with Gasteiger partial charge in [-0.25, -0.2) is 4.98 Å². The lowest BCUT2D eigenvalue weighted by Gasteiger charge is -2.40. The van der Waals surface area contributed by atoms with Crippen LogP contribution in [0.3, 0.4) is 0 Å². The van der Waals surface area contributed by atoms with Crippen LogP contribution in [0, 0.1) is 12.8 Å². The number of anilines is 3. The van der Waals surface area contributed by atoms with E-state index < -0.39 is 23.3 Å². The van der Waals surface area contributed by atoms with Crippen LogP contribution in [0.25, 0.3) is 0 Å². The van der Waals surface area contributed by atoms with Crippen molar-refractivity contribution in [2.24, 2.45) is 13.0 Å². The predicted molar refractivity (Wildman–Crippen MR) is 114 cm³/mol. The van der Waals surface area contributed by atoms with Gasteiger partial charge in [-0.3, -0.25) is 14.3 Å². The zero-order chi connectivity index (χ0) is 24.2. The lowest BCUT2D eigenvalue weighted by molar-refractivity contribution is -0.141. The number of likely N-dealkylation sites (tertiary alicyclic amines) is 1. The van der Waals surface area contributed by atoms with E-state index in [0.29, 0.717) is 23.1 Å². The molecule has 178 valence electrons. The van der Waals surface area contributed by atoms with E-state index in [1.165, 1.54) is 11.9 Å². The van der Waals surface area contributed by atoms with E-state index in [1.54, 1.807) is 14.0 Å². The maximum absolute atomic E-state index is 13.2. The summed E-state index contributed by atoms with van der Waals surface area (Å²) < 4.78 is 40.5. The van der Waals surface area contributed by atoms with Crippen molar-refractivity contribution in [3.05, 3.63) is 23.1 Å². The van der Waals surface area contributed by atoms with Crippen LogP contribution in [0.2, 0.25) is 0 Å². The van der Waals surface area contributed by atoms with E-state index >= 15 is 0 Å². The molecule has 2 aromatic rings. The third kappa shape index (κ3) is 4.07. The minimum absolute atomic E-state index is 0.0649. The number of nitrogens with one attached hydrogen (secondary N) is 2. The second-order valence-corrected chi connectivity index (χ2v) is 8.73. The van der Waals surface area contributed by atoms with E-state index in [9.17, 15) is 22.8 Å². The van der Waals surface area contributed by atoms with Crippen molar-refractivity contribution >= 4 is 29.3 Å². The predicted octanol–water partition coefficient (Wildman–Crippen LogP) is 1.89. The van der Waals surface area contributed by atoms with Gasteiger partial charge in [0.25, 0.3) is 5.91 Å². The smallest absolute Gasteiger partial charge is 0.348 e. The summed E-state index contributed by atoms with van der Waals surface area (Å²) in [6, 6.07) is -0.597. The molecule has 1 atom stereocenters. The zero-order valence-corrected chi connectivity index (χ0v) is 18.9. The fourth-order valence-corrected chi connectivity index (χ4v) is 4.22. The number of carbonyl (C=O) groups is 2.